The quantitative estimate of drug-likeness (QED) is 0.797. The van der Waals surface area contributed by atoms with E-state index in [1.54, 1.807) is 6.92 Å². The fourth-order valence-corrected chi connectivity index (χ4v) is 3.21. The number of hydrogen-bond acceptors (Lipinski definition) is 4. The van der Waals surface area contributed by atoms with Crippen LogP contribution in [0.2, 0.25) is 0 Å². The van der Waals surface area contributed by atoms with Crippen molar-refractivity contribution < 1.29 is 17.9 Å². The number of benzene rings is 1. The Hall–Kier alpha value is -1.02. The Labute approximate surface area is 112 Å². The molecule has 1 rings (SSSR count). The first kappa shape index (κ1) is 16.0. The first-order valence-corrected chi connectivity index (χ1v) is 7.41. The summed E-state index contributed by atoms with van der Waals surface area (Å²) in [5.41, 5.74) is 5.54. The van der Waals surface area contributed by atoms with Crippen LogP contribution >= 0.6 is 0 Å². The van der Waals surface area contributed by atoms with Crippen molar-refractivity contribution in [3.05, 3.63) is 29.6 Å². The van der Waals surface area contributed by atoms with Gasteiger partial charge in [0, 0.05) is 19.6 Å². The highest BCUT2D eigenvalue weighted by atomic mass is 32.2. The molecule has 3 N–H and O–H groups in total. The lowest BCUT2D eigenvalue weighted by molar-refractivity contribution is 0.154. The van der Waals surface area contributed by atoms with E-state index in [1.165, 1.54) is 19.1 Å². The molecule has 1 aromatic carbocycles. The van der Waals surface area contributed by atoms with E-state index in [2.05, 4.69) is 0 Å². The van der Waals surface area contributed by atoms with Crippen LogP contribution in [0.3, 0.4) is 0 Å². The molecular formula is C12H19FN2O3S. The lowest BCUT2D eigenvalue weighted by Gasteiger charge is -2.23. The van der Waals surface area contributed by atoms with Gasteiger partial charge in [-0.25, -0.2) is 12.8 Å². The van der Waals surface area contributed by atoms with Crippen molar-refractivity contribution in [2.24, 2.45) is 5.73 Å². The third-order valence-electron chi connectivity index (χ3n) is 2.81. The van der Waals surface area contributed by atoms with E-state index in [0.29, 0.717) is 0 Å². The van der Waals surface area contributed by atoms with E-state index >= 15 is 0 Å². The average Bonchev–Trinajstić information content (AvgIpc) is 2.38. The van der Waals surface area contributed by atoms with Gasteiger partial charge in [0.1, 0.15) is 5.82 Å². The minimum absolute atomic E-state index is 0.0115. The van der Waals surface area contributed by atoms with Gasteiger partial charge in [0.25, 0.3) is 0 Å². The van der Waals surface area contributed by atoms with Crippen molar-refractivity contribution in [3.8, 4) is 0 Å². The highest BCUT2D eigenvalue weighted by molar-refractivity contribution is 7.89. The second-order valence-corrected chi connectivity index (χ2v) is 6.19. The fourth-order valence-electron chi connectivity index (χ4n) is 1.63. The van der Waals surface area contributed by atoms with Crippen molar-refractivity contribution in [2.75, 3.05) is 19.6 Å². The molecule has 7 heteroatoms. The lowest BCUT2D eigenvalue weighted by atomic mass is 10.2. The van der Waals surface area contributed by atoms with E-state index in [9.17, 15) is 17.9 Å². The fraction of sp³-hybridized carbons (Fsp3) is 0.500. The summed E-state index contributed by atoms with van der Waals surface area (Å²) >= 11 is 0. The highest BCUT2D eigenvalue weighted by Crippen LogP contribution is 2.18. The molecule has 1 atom stereocenters. The zero-order valence-electron chi connectivity index (χ0n) is 11.0. The molecule has 0 unspecified atom stereocenters. The highest BCUT2D eigenvalue weighted by Gasteiger charge is 2.25. The molecule has 0 fully saturated rings. The molecule has 0 bridgehead atoms. The third-order valence-corrected chi connectivity index (χ3v) is 4.74. The predicted molar refractivity (Wildman–Crippen MR) is 70.6 cm³/mol. The Bertz CT molecular complexity index is 534. The van der Waals surface area contributed by atoms with Crippen molar-refractivity contribution in [1.82, 2.24) is 4.31 Å². The number of nitrogens with zero attached hydrogens (tertiary/aromatic N) is 1. The van der Waals surface area contributed by atoms with Gasteiger partial charge in [0.2, 0.25) is 10.0 Å². The van der Waals surface area contributed by atoms with Crippen molar-refractivity contribution in [2.45, 2.75) is 24.8 Å². The Morgan fingerprint density at radius 1 is 1.47 bits per heavy atom. The first-order chi connectivity index (χ1) is 8.82. The van der Waals surface area contributed by atoms with Crippen LogP contribution in [0.1, 0.15) is 12.5 Å². The Morgan fingerprint density at radius 3 is 2.58 bits per heavy atom. The van der Waals surface area contributed by atoms with Crippen LogP contribution < -0.4 is 5.73 Å². The number of halogens is 1. The molecule has 19 heavy (non-hydrogen) atoms. The normalized spacial score (nSPS) is 13.8. The van der Waals surface area contributed by atoms with Gasteiger partial charge in [0.05, 0.1) is 11.0 Å². The molecule has 0 radical (unpaired) electrons. The van der Waals surface area contributed by atoms with Crippen LogP contribution in [0.15, 0.2) is 23.1 Å². The van der Waals surface area contributed by atoms with Gasteiger partial charge in [-0.05, 0) is 30.7 Å². The van der Waals surface area contributed by atoms with Gasteiger partial charge in [-0.3, -0.25) is 0 Å². The second-order valence-electron chi connectivity index (χ2n) is 4.26. The Balaban J connectivity index is 3.09. The van der Waals surface area contributed by atoms with Gasteiger partial charge in [0.15, 0.2) is 0 Å². The molecule has 108 valence electrons. The molecule has 0 saturated heterocycles. The monoisotopic (exact) mass is 290 g/mol. The van der Waals surface area contributed by atoms with Crippen molar-refractivity contribution in [1.29, 1.82) is 0 Å². The molecule has 0 amide bonds. The SMILES string of the molecule is CCN(C[C@H](O)CN)S(=O)(=O)c1ccc(F)c(C)c1. The summed E-state index contributed by atoms with van der Waals surface area (Å²) in [7, 11) is -3.74. The zero-order valence-corrected chi connectivity index (χ0v) is 11.8. The number of nitrogens with two attached hydrogens (primary N) is 1. The number of aliphatic hydroxyl groups excluding tert-OH is 1. The van der Waals surface area contributed by atoms with Gasteiger partial charge >= 0.3 is 0 Å². The number of hydrogen-bond donors (Lipinski definition) is 2. The number of likely N-dealkylation sites (N-methyl/N-ethyl adjacent to an activating group) is 1. The van der Waals surface area contributed by atoms with Gasteiger partial charge in [-0.1, -0.05) is 6.92 Å². The summed E-state index contributed by atoms with van der Waals surface area (Å²) in [5.74, 6) is -0.455. The number of aryl methyl sites for hydroxylation is 1. The maximum Gasteiger partial charge on any atom is 0.243 e. The molecule has 0 heterocycles. The molecule has 0 aliphatic rings. The van der Waals surface area contributed by atoms with E-state index in [4.69, 9.17) is 5.73 Å². The lowest BCUT2D eigenvalue weighted by Crippen LogP contribution is -2.40. The molecule has 0 aliphatic heterocycles. The summed E-state index contributed by atoms with van der Waals surface area (Å²) in [6.07, 6.45) is -0.920. The number of rotatable bonds is 6. The molecule has 0 saturated carbocycles. The third kappa shape index (κ3) is 3.73. The molecule has 1 aromatic rings. The Morgan fingerprint density at radius 2 is 2.11 bits per heavy atom. The molecule has 0 aliphatic carbocycles. The minimum Gasteiger partial charge on any atom is -0.390 e. The average molecular weight is 290 g/mol. The van der Waals surface area contributed by atoms with Crippen molar-refractivity contribution >= 4 is 10.0 Å². The van der Waals surface area contributed by atoms with Crippen LogP contribution in [0.5, 0.6) is 0 Å². The summed E-state index contributed by atoms with van der Waals surface area (Å²) in [6.45, 7) is 3.27. The van der Waals surface area contributed by atoms with Gasteiger partial charge in [-0.15, -0.1) is 0 Å². The number of aliphatic hydroxyl groups is 1. The zero-order chi connectivity index (χ0) is 14.6. The molecular weight excluding hydrogens is 271 g/mol. The van der Waals surface area contributed by atoms with Crippen LogP contribution in [0.25, 0.3) is 0 Å². The topological polar surface area (TPSA) is 83.6 Å². The maximum atomic E-state index is 13.2. The van der Waals surface area contributed by atoms with Crippen LogP contribution in [-0.2, 0) is 10.0 Å². The predicted octanol–water partition coefficient (Wildman–Crippen LogP) is 0.464. The van der Waals surface area contributed by atoms with E-state index in [0.717, 1.165) is 10.4 Å². The van der Waals surface area contributed by atoms with Gasteiger partial charge in [-0.2, -0.15) is 4.31 Å². The van der Waals surface area contributed by atoms with Gasteiger partial charge < -0.3 is 10.8 Å². The maximum absolute atomic E-state index is 13.2. The largest absolute Gasteiger partial charge is 0.390 e. The van der Waals surface area contributed by atoms with Crippen LogP contribution in [-0.4, -0.2) is 43.6 Å². The van der Waals surface area contributed by atoms with E-state index in [-0.39, 0.29) is 30.1 Å². The van der Waals surface area contributed by atoms with Crippen LogP contribution in [0.4, 0.5) is 4.39 Å². The smallest absolute Gasteiger partial charge is 0.243 e. The van der Waals surface area contributed by atoms with E-state index in [1.807, 2.05) is 0 Å². The second kappa shape index (κ2) is 6.42. The summed E-state index contributed by atoms with van der Waals surface area (Å²) in [4.78, 5) is 0.0115. The van der Waals surface area contributed by atoms with E-state index < -0.39 is 21.9 Å². The van der Waals surface area contributed by atoms with Crippen molar-refractivity contribution in [3.63, 3.8) is 0 Å². The minimum atomic E-state index is -3.74. The molecule has 0 spiro atoms. The Kier molecular flexibility index (Phi) is 5.42. The first-order valence-electron chi connectivity index (χ1n) is 5.97. The molecule has 0 aromatic heterocycles. The summed E-state index contributed by atoms with van der Waals surface area (Å²) in [5, 5.41) is 9.48. The number of sulfonamides is 1. The summed E-state index contributed by atoms with van der Waals surface area (Å²) < 4.78 is 39.0. The van der Waals surface area contributed by atoms with Crippen LogP contribution in [0, 0.1) is 12.7 Å². The standard InChI is InChI=1S/C12H19FN2O3S/c1-3-15(8-10(16)7-14)19(17,18)11-4-5-12(13)9(2)6-11/h4-6,10,16H,3,7-8,14H2,1-2H3/t10-/m1/s1. The summed E-state index contributed by atoms with van der Waals surface area (Å²) in [6, 6.07) is 3.62. The molecule has 5 nitrogen and oxygen atoms in total.